The summed E-state index contributed by atoms with van der Waals surface area (Å²) in [6, 6.07) is 8.70. The van der Waals surface area contributed by atoms with E-state index in [1.807, 2.05) is 12.4 Å². The highest BCUT2D eigenvalue weighted by Gasteiger charge is 2.03. The van der Waals surface area contributed by atoms with Gasteiger partial charge in [0, 0.05) is 12.4 Å². The summed E-state index contributed by atoms with van der Waals surface area (Å²) in [6.07, 6.45) is 22.5. The first-order valence-corrected chi connectivity index (χ1v) is 11.7. The fourth-order valence-corrected chi connectivity index (χ4v) is 3.67. The molecule has 2 rings (SSSR count). The lowest BCUT2D eigenvalue weighted by atomic mass is 10.0. The molecule has 2 aromatic heterocycles. The van der Waals surface area contributed by atoms with Gasteiger partial charge in [-0.1, -0.05) is 90.2 Å². The number of aromatic nitrogens is 2. The van der Waals surface area contributed by atoms with Crippen LogP contribution in [0, 0.1) is 0 Å². The van der Waals surface area contributed by atoms with Crippen LogP contribution in [0.15, 0.2) is 36.7 Å². The van der Waals surface area contributed by atoms with Crippen molar-refractivity contribution in [2.24, 2.45) is 0 Å². The number of hydrogen-bond acceptors (Lipinski definition) is 2. The first-order chi connectivity index (χ1) is 13.8. The fourth-order valence-electron chi connectivity index (χ4n) is 3.67. The molecule has 2 aromatic rings. The van der Waals surface area contributed by atoms with E-state index in [1.54, 1.807) is 0 Å². The fraction of sp³-hybridized carbons (Fsp3) is 0.615. The second-order valence-electron chi connectivity index (χ2n) is 8.14. The molecule has 0 radical (unpaired) electrons. The molecule has 0 spiro atoms. The Bertz CT molecular complexity index is 558. The first-order valence-electron chi connectivity index (χ1n) is 11.7. The van der Waals surface area contributed by atoms with Gasteiger partial charge in [0.2, 0.25) is 0 Å². The number of hydrogen-bond donors (Lipinski definition) is 0. The lowest BCUT2D eigenvalue weighted by Gasteiger charge is -2.05. The molecule has 0 aliphatic heterocycles. The van der Waals surface area contributed by atoms with Crippen molar-refractivity contribution in [2.45, 2.75) is 104 Å². The molecule has 2 nitrogen and oxygen atoms in total. The number of aryl methyl sites for hydroxylation is 2. The quantitative estimate of drug-likeness (QED) is 0.293. The smallest absolute Gasteiger partial charge is 0.0886 e. The van der Waals surface area contributed by atoms with Gasteiger partial charge in [-0.25, -0.2) is 0 Å². The zero-order valence-corrected chi connectivity index (χ0v) is 18.3. The Morgan fingerprint density at radius 1 is 0.500 bits per heavy atom. The van der Waals surface area contributed by atoms with Crippen LogP contribution in [0.5, 0.6) is 0 Å². The molecule has 0 aliphatic carbocycles. The minimum Gasteiger partial charge on any atom is -0.254 e. The molecule has 0 amide bonds. The molecule has 0 aliphatic rings. The van der Waals surface area contributed by atoms with Crippen molar-refractivity contribution in [2.75, 3.05) is 0 Å². The number of nitrogens with zero attached hydrogens (tertiary/aromatic N) is 2. The minimum absolute atomic E-state index is 0.984. The van der Waals surface area contributed by atoms with Gasteiger partial charge in [-0.3, -0.25) is 9.97 Å². The zero-order chi connectivity index (χ0) is 19.9. The molecular weight excluding hydrogens is 340 g/mol. The van der Waals surface area contributed by atoms with Gasteiger partial charge >= 0.3 is 0 Å². The van der Waals surface area contributed by atoms with E-state index in [0.29, 0.717) is 0 Å². The lowest BCUT2D eigenvalue weighted by Crippen LogP contribution is -1.93. The monoisotopic (exact) mass is 380 g/mol. The maximum atomic E-state index is 4.65. The van der Waals surface area contributed by atoms with Gasteiger partial charge in [0.1, 0.15) is 0 Å². The largest absolute Gasteiger partial charge is 0.254 e. The average Bonchev–Trinajstić information content (AvgIpc) is 2.74. The molecule has 0 saturated heterocycles. The van der Waals surface area contributed by atoms with Crippen molar-refractivity contribution in [3.63, 3.8) is 0 Å². The third-order valence-corrected chi connectivity index (χ3v) is 5.55. The molecule has 2 heterocycles. The minimum atomic E-state index is 0.984. The van der Waals surface area contributed by atoms with E-state index in [-0.39, 0.29) is 0 Å². The summed E-state index contributed by atoms with van der Waals surface area (Å²) in [5, 5.41) is 0. The van der Waals surface area contributed by atoms with Crippen molar-refractivity contribution in [1.29, 1.82) is 0 Å². The molecular formula is C26H40N2. The summed E-state index contributed by atoms with van der Waals surface area (Å²) in [5.74, 6) is 0. The van der Waals surface area contributed by atoms with Crippen LogP contribution < -0.4 is 0 Å². The van der Waals surface area contributed by atoms with Crippen LogP contribution in [0.2, 0.25) is 0 Å². The van der Waals surface area contributed by atoms with E-state index < -0.39 is 0 Å². The molecule has 0 bridgehead atoms. The van der Waals surface area contributed by atoms with Crippen LogP contribution >= 0.6 is 0 Å². The van der Waals surface area contributed by atoms with E-state index >= 15 is 0 Å². The molecule has 0 unspecified atom stereocenters. The third kappa shape index (κ3) is 8.99. The molecule has 2 heteroatoms. The molecule has 28 heavy (non-hydrogen) atoms. The topological polar surface area (TPSA) is 25.8 Å². The molecule has 0 atom stereocenters. The lowest BCUT2D eigenvalue weighted by molar-refractivity contribution is 0.607. The highest BCUT2D eigenvalue weighted by molar-refractivity contribution is 5.54. The van der Waals surface area contributed by atoms with Gasteiger partial charge < -0.3 is 0 Å². The number of unbranched alkanes of at least 4 members (excludes halogenated alkanes) is 10. The SMILES string of the molecule is CCCCCCCCc1ccc(-c2ccc(CCCCCCCC)cn2)nc1. The molecule has 0 fully saturated rings. The van der Waals surface area contributed by atoms with Crippen molar-refractivity contribution >= 4 is 0 Å². The maximum absolute atomic E-state index is 4.65. The Hall–Kier alpha value is -1.70. The Labute approximate surface area is 173 Å². The summed E-state index contributed by atoms with van der Waals surface area (Å²) in [7, 11) is 0. The van der Waals surface area contributed by atoms with Crippen LogP contribution in [-0.4, -0.2) is 9.97 Å². The number of rotatable bonds is 15. The molecule has 0 N–H and O–H groups in total. The van der Waals surface area contributed by atoms with E-state index in [0.717, 1.165) is 24.2 Å². The van der Waals surface area contributed by atoms with Crippen molar-refractivity contribution in [1.82, 2.24) is 9.97 Å². The van der Waals surface area contributed by atoms with E-state index in [2.05, 4.69) is 48.1 Å². The normalized spacial score (nSPS) is 11.1. The zero-order valence-electron chi connectivity index (χ0n) is 18.3. The van der Waals surface area contributed by atoms with Crippen LogP contribution in [0.4, 0.5) is 0 Å². The Kier molecular flexibility index (Phi) is 11.6. The van der Waals surface area contributed by atoms with Gasteiger partial charge in [-0.05, 0) is 48.9 Å². The standard InChI is InChI=1S/C26H40N2/c1-3-5-7-9-11-13-15-23-17-19-25(27-21-23)26-20-18-24(22-28-26)16-14-12-10-8-6-4-2/h17-22H,3-16H2,1-2H3. The average molecular weight is 381 g/mol. The highest BCUT2D eigenvalue weighted by atomic mass is 14.8. The summed E-state index contributed by atoms with van der Waals surface area (Å²) in [5.41, 5.74) is 4.66. The first kappa shape index (κ1) is 22.6. The van der Waals surface area contributed by atoms with E-state index in [4.69, 9.17) is 0 Å². The van der Waals surface area contributed by atoms with Gasteiger partial charge in [0.25, 0.3) is 0 Å². The Morgan fingerprint density at radius 2 is 0.893 bits per heavy atom. The predicted molar refractivity (Wildman–Crippen MR) is 122 cm³/mol. The molecule has 0 aromatic carbocycles. The summed E-state index contributed by atoms with van der Waals surface area (Å²) < 4.78 is 0. The Morgan fingerprint density at radius 3 is 1.25 bits per heavy atom. The van der Waals surface area contributed by atoms with Crippen LogP contribution in [-0.2, 0) is 12.8 Å². The van der Waals surface area contributed by atoms with Crippen molar-refractivity contribution < 1.29 is 0 Å². The van der Waals surface area contributed by atoms with Crippen LogP contribution in [0.3, 0.4) is 0 Å². The van der Waals surface area contributed by atoms with Gasteiger partial charge in [0.15, 0.2) is 0 Å². The molecule has 154 valence electrons. The van der Waals surface area contributed by atoms with E-state index in [9.17, 15) is 0 Å². The second kappa shape index (κ2) is 14.3. The molecule has 0 saturated carbocycles. The summed E-state index contributed by atoms with van der Waals surface area (Å²) in [4.78, 5) is 9.30. The Balaban J connectivity index is 1.71. The van der Waals surface area contributed by atoms with Crippen molar-refractivity contribution in [3.8, 4) is 11.4 Å². The predicted octanol–water partition coefficient (Wildman–Crippen LogP) is 7.95. The van der Waals surface area contributed by atoms with E-state index in [1.165, 1.54) is 88.2 Å². The third-order valence-electron chi connectivity index (χ3n) is 5.55. The van der Waals surface area contributed by atoms with Gasteiger partial charge in [-0.2, -0.15) is 0 Å². The van der Waals surface area contributed by atoms with Gasteiger partial charge in [-0.15, -0.1) is 0 Å². The number of pyridine rings is 2. The van der Waals surface area contributed by atoms with Crippen LogP contribution in [0.25, 0.3) is 11.4 Å². The van der Waals surface area contributed by atoms with Crippen molar-refractivity contribution in [3.05, 3.63) is 47.8 Å². The summed E-state index contributed by atoms with van der Waals surface area (Å²) >= 11 is 0. The highest BCUT2D eigenvalue weighted by Crippen LogP contribution is 2.17. The maximum Gasteiger partial charge on any atom is 0.0886 e. The van der Waals surface area contributed by atoms with Gasteiger partial charge in [0.05, 0.1) is 11.4 Å². The second-order valence-corrected chi connectivity index (χ2v) is 8.14. The summed E-state index contributed by atoms with van der Waals surface area (Å²) in [6.45, 7) is 4.54. The van der Waals surface area contributed by atoms with Crippen LogP contribution in [0.1, 0.15) is 102 Å².